The Morgan fingerprint density at radius 3 is 1.69 bits per heavy atom. The van der Waals surface area contributed by atoms with Crippen LogP contribution in [0, 0.1) is 0 Å². The third-order valence-corrected chi connectivity index (χ3v) is 4.61. The van der Waals surface area contributed by atoms with Gasteiger partial charge in [-0.05, 0) is 34.1 Å². The van der Waals surface area contributed by atoms with Gasteiger partial charge >= 0.3 is 0 Å². The van der Waals surface area contributed by atoms with E-state index < -0.39 is 11.6 Å². The molecule has 0 aliphatic carbocycles. The number of hydrogen-bond donors (Lipinski definition) is 0. The Labute approximate surface area is 162 Å². The molecule has 0 saturated heterocycles. The van der Waals surface area contributed by atoms with Crippen molar-refractivity contribution >= 4 is 12.2 Å². The Hall–Kier alpha value is -0.900. The number of Topliss-reactive ketones (excluding diaryl/α,β-unsaturated/α-hetero) is 1. The summed E-state index contributed by atoms with van der Waals surface area (Å²) in [6.07, 6.45) is 16.5. The van der Waals surface area contributed by atoms with Crippen LogP contribution >= 0.6 is 0 Å². The van der Waals surface area contributed by atoms with E-state index in [2.05, 4.69) is 6.92 Å². The number of nitrogens with zero attached hydrogens (tertiary/aromatic N) is 1. The summed E-state index contributed by atoms with van der Waals surface area (Å²) in [5.74, 6) is 0.0772. The van der Waals surface area contributed by atoms with Crippen LogP contribution in [0.25, 0.3) is 0 Å². The van der Waals surface area contributed by atoms with Gasteiger partial charge in [-0.2, -0.15) is 0 Å². The fourth-order valence-electron chi connectivity index (χ4n) is 3.00. The number of carbonyl (C=O) groups excluding carboxylic acids is 2. The second-order valence-corrected chi connectivity index (χ2v) is 8.45. The minimum atomic E-state index is -0.514. The number of unbranched alkanes of at least 4 members (excludes halogenated alkanes) is 11. The minimum absolute atomic E-state index is 0.0772. The van der Waals surface area contributed by atoms with Crippen molar-refractivity contribution in [1.29, 1.82) is 0 Å². The smallest absolute Gasteiger partial charge is 0.234 e. The van der Waals surface area contributed by atoms with E-state index in [0.717, 1.165) is 17.9 Å². The third-order valence-electron chi connectivity index (χ3n) is 4.61. The summed E-state index contributed by atoms with van der Waals surface area (Å²) >= 11 is 0. The highest BCUT2D eigenvalue weighted by atomic mass is 16.7. The molecule has 0 fully saturated rings. The molecule has 0 spiro atoms. The van der Waals surface area contributed by atoms with Gasteiger partial charge in [0.25, 0.3) is 0 Å². The number of amides is 1. The topological polar surface area (TPSA) is 46.6 Å². The molecule has 154 valence electrons. The zero-order valence-corrected chi connectivity index (χ0v) is 18.0. The summed E-state index contributed by atoms with van der Waals surface area (Å²) in [7, 11) is 0. The van der Waals surface area contributed by atoms with Gasteiger partial charge in [-0.1, -0.05) is 77.6 Å². The van der Waals surface area contributed by atoms with E-state index in [1.165, 1.54) is 64.2 Å². The average molecular weight is 370 g/mol. The molecular weight excluding hydrogens is 326 g/mol. The molecule has 0 aliphatic heterocycles. The Bertz CT molecular complexity index is 363. The molecule has 0 aromatic heterocycles. The summed E-state index contributed by atoms with van der Waals surface area (Å²) in [4.78, 5) is 28.9. The fourth-order valence-corrected chi connectivity index (χ4v) is 3.00. The lowest BCUT2D eigenvalue weighted by molar-refractivity contribution is -0.228. The van der Waals surface area contributed by atoms with Gasteiger partial charge in [0.15, 0.2) is 5.78 Å². The molecule has 0 saturated carbocycles. The highest BCUT2D eigenvalue weighted by Crippen LogP contribution is 2.15. The number of hydrogen-bond acceptors (Lipinski definition) is 3. The molecule has 1 amide bonds. The lowest BCUT2D eigenvalue weighted by Crippen LogP contribution is -2.42. The van der Waals surface area contributed by atoms with Crippen LogP contribution in [0.4, 0.5) is 0 Å². The van der Waals surface area contributed by atoms with Crippen molar-refractivity contribution in [2.45, 2.75) is 130 Å². The summed E-state index contributed by atoms with van der Waals surface area (Å²) in [5.41, 5.74) is -0.481. The molecule has 0 aliphatic rings. The molecule has 0 rings (SSSR count). The van der Waals surface area contributed by atoms with Crippen molar-refractivity contribution in [2.24, 2.45) is 0 Å². The van der Waals surface area contributed by atoms with Gasteiger partial charge in [0.05, 0.1) is 5.60 Å². The van der Waals surface area contributed by atoms with Crippen molar-refractivity contribution in [2.75, 3.05) is 0 Å². The lowest BCUT2D eigenvalue weighted by Gasteiger charge is -2.30. The van der Waals surface area contributed by atoms with Gasteiger partial charge in [0.1, 0.15) is 6.04 Å². The normalized spacial score (nSPS) is 12.8. The Morgan fingerprint density at radius 1 is 0.885 bits per heavy atom. The maximum atomic E-state index is 12.2. The molecule has 4 heteroatoms. The van der Waals surface area contributed by atoms with Crippen molar-refractivity contribution in [1.82, 2.24) is 5.06 Å². The van der Waals surface area contributed by atoms with Crippen LogP contribution in [-0.2, 0) is 14.4 Å². The summed E-state index contributed by atoms with van der Waals surface area (Å²) in [6, 6.07) is -0.514. The second-order valence-electron chi connectivity index (χ2n) is 8.45. The van der Waals surface area contributed by atoms with Gasteiger partial charge in [-0.3, -0.25) is 14.4 Å². The number of carbonyl (C=O) groups is 2. The first-order valence-electron chi connectivity index (χ1n) is 10.8. The lowest BCUT2D eigenvalue weighted by atomic mass is 10.0. The van der Waals surface area contributed by atoms with E-state index in [9.17, 15) is 9.59 Å². The van der Waals surface area contributed by atoms with Crippen LogP contribution < -0.4 is 0 Å². The van der Waals surface area contributed by atoms with E-state index in [1.54, 1.807) is 6.92 Å². The maximum absolute atomic E-state index is 12.2. The van der Waals surface area contributed by atoms with Crippen molar-refractivity contribution in [3.8, 4) is 0 Å². The Balaban J connectivity index is 3.65. The van der Waals surface area contributed by atoms with Crippen molar-refractivity contribution < 1.29 is 14.4 Å². The molecule has 0 aromatic rings. The zero-order valence-electron chi connectivity index (χ0n) is 18.0. The van der Waals surface area contributed by atoms with Gasteiger partial charge in [0.2, 0.25) is 6.41 Å². The largest absolute Gasteiger partial charge is 0.297 e. The molecule has 0 bridgehead atoms. The third kappa shape index (κ3) is 14.3. The van der Waals surface area contributed by atoms with Crippen LogP contribution in [0.15, 0.2) is 0 Å². The Kier molecular flexibility index (Phi) is 14.7. The molecule has 4 nitrogen and oxygen atoms in total. The van der Waals surface area contributed by atoms with E-state index in [4.69, 9.17) is 4.84 Å². The summed E-state index contributed by atoms with van der Waals surface area (Å²) in [5, 5.41) is 1.16. The average Bonchev–Trinajstić information content (AvgIpc) is 2.59. The minimum Gasteiger partial charge on any atom is -0.297 e. The Morgan fingerprint density at radius 2 is 1.31 bits per heavy atom. The predicted molar refractivity (Wildman–Crippen MR) is 109 cm³/mol. The zero-order chi connectivity index (χ0) is 19.8. The number of rotatable bonds is 17. The fraction of sp³-hybridized carbons (Fsp3) is 0.909. The van der Waals surface area contributed by atoms with E-state index >= 15 is 0 Å². The van der Waals surface area contributed by atoms with Gasteiger partial charge < -0.3 is 0 Å². The molecule has 26 heavy (non-hydrogen) atoms. The maximum Gasteiger partial charge on any atom is 0.234 e. The van der Waals surface area contributed by atoms with E-state index in [-0.39, 0.29) is 5.78 Å². The van der Waals surface area contributed by atoms with Gasteiger partial charge in [-0.25, -0.2) is 5.06 Å². The first-order chi connectivity index (χ1) is 12.3. The molecular formula is C22H43NO3. The summed E-state index contributed by atoms with van der Waals surface area (Å²) in [6.45, 7) is 9.60. The highest BCUT2D eigenvalue weighted by Gasteiger charge is 2.25. The molecule has 0 aromatic carbocycles. The number of ketones is 1. The van der Waals surface area contributed by atoms with Crippen LogP contribution in [0.5, 0.6) is 0 Å². The predicted octanol–water partition coefficient (Wildman–Crippen LogP) is 6.22. The molecule has 0 heterocycles. The van der Waals surface area contributed by atoms with Gasteiger partial charge in [-0.15, -0.1) is 0 Å². The van der Waals surface area contributed by atoms with Crippen LogP contribution in [0.1, 0.15) is 118 Å². The number of hydroxylamine groups is 2. The first-order valence-corrected chi connectivity index (χ1v) is 10.8. The first kappa shape index (κ1) is 25.1. The molecule has 0 N–H and O–H groups in total. The molecule has 0 unspecified atom stereocenters. The van der Waals surface area contributed by atoms with Gasteiger partial charge in [0, 0.05) is 6.42 Å². The van der Waals surface area contributed by atoms with Crippen LogP contribution in [0.3, 0.4) is 0 Å². The van der Waals surface area contributed by atoms with Crippen LogP contribution in [0.2, 0.25) is 0 Å². The quantitative estimate of drug-likeness (QED) is 0.174. The van der Waals surface area contributed by atoms with Crippen molar-refractivity contribution in [3.05, 3.63) is 0 Å². The second kappa shape index (κ2) is 15.2. The van der Waals surface area contributed by atoms with Crippen molar-refractivity contribution in [3.63, 3.8) is 0 Å². The molecule has 0 radical (unpaired) electrons. The standard InChI is InChI=1S/C22H43NO3/c1-6-7-8-9-10-11-12-13-14-15-16-17-18-21(25)20(2)23(19-24)26-22(3,4)5/h19-20H,6-18H2,1-5H3/t20-/m0/s1. The van der Waals surface area contributed by atoms with E-state index in [1.807, 2.05) is 20.8 Å². The monoisotopic (exact) mass is 369 g/mol. The van der Waals surface area contributed by atoms with Crippen LogP contribution in [-0.4, -0.2) is 28.9 Å². The summed E-state index contributed by atoms with van der Waals surface area (Å²) < 4.78 is 0. The highest BCUT2D eigenvalue weighted by molar-refractivity contribution is 5.84. The molecule has 1 atom stereocenters. The SMILES string of the molecule is CCCCCCCCCCCCCCC(=O)[C@H](C)N(C=O)OC(C)(C)C. The van der Waals surface area contributed by atoms with E-state index in [0.29, 0.717) is 12.8 Å².